The monoisotopic (exact) mass is 310 g/mol. The van der Waals surface area contributed by atoms with Gasteiger partial charge in [-0.2, -0.15) is 11.8 Å². The van der Waals surface area contributed by atoms with E-state index in [0.29, 0.717) is 5.92 Å². The number of rotatable bonds is 6. The van der Waals surface area contributed by atoms with Crippen molar-refractivity contribution < 1.29 is 4.39 Å². The van der Waals surface area contributed by atoms with E-state index >= 15 is 0 Å². The summed E-state index contributed by atoms with van der Waals surface area (Å²) >= 11 is 2.01. The molecule has 0 unspecified atom stereocenters. The Labute approximate surface area is 132 Å². The summed E-state index contributed by atoms with van der Waals surface area (Å²) in [5.41, 5.74) is 2.02. The van der Waals surface area contributed by atoms with Gasteiger partial charge in [0, 0.05) is 31.0 Å². The molecule has 2 nitrogen and oxygen atoms in total. The second kappa shape index (κ2) is 8.76. The molecule has 2 rings (SSSR count). The molecule has 0 atom stereocenters. The van der Waals surface area contributed by atoms with Gasteiger partial charge in [-0.05, 0) is 42.8 Å². The first kappa shape index (κ1) is 16.8. The Morgan fingerprint density at radius 1 is 1.29 bits per heavy atom. The van der Waals surface area contributed by atoms with Crippen LogP contribution in [-0.2, 0) is 13.1 Å². The van der Waals surface area contributed by atoms with Crippen molar-refractivity contribution in [2.75, 3.05) is 31.1 Å². The molecule has 118 valence electrons. The number of hydrogen-bond acceptors (Lipinski definition) is 3. The van der Waals surface area contributed by atoms with Gasteiger partial charge in [-0.3, -0.25) is 4.90 Å². The summed E-state index contributed by atoms with van der Waals surface area (Å²) in [6.07, 6.45) is 1.21. The molecule has 1 aliphatic heterocycles. The highest BCUT2D eigenvalue weighted by atomic mass is 32.2. The molecule has 0 bridgehead atoms. The average molecular weight is 310 g/mol. The zero-order valence-corrected chi connectivity index (χ0v) is 14.0. The molecule has 21 heavy (non-hydrogen) atoms. The Morgan fingerprint density at radius 3 is 2.95 bits per heavy atom. The van der Waals surface area contributed by atoms with Crippen molar-refractivity contribution in [2.45, 2.75) is 33.4 Å². The van der Waals surface area contributed by atoms with Gasteiger partial charge in [0.2, 0.25) is 0 Å². The van der Waals surface area contributed by atoms with Crippen LogP contribution in [0.2, 0.25) is 0 Å². The molecule has 0 amide bonds. The van der Waals surface area contributed by atoms with Gasteiger partial charge in [0.05, 0.1) is 0 Å². The summed E-state index contributed by atoms with van der Waals surface area (Å²) in [7, 11) is 0. The predicted octanol–water partition coefficient (Wildman–Crippen LogP) is 3.51. The van der Waals surface area contributed by atoms with Gasteiger partial charge >= 0.3 is 0 Å². The minimum atomic E-state index is -0.0699. The summed E-state index contributed by atoms with van der Waals surface area (Å²) in [5.74, 6) is 2.97. The van der Waals surface area contributed by atoms with Crippen molar-refractivity contribution in [1.29, 1.82) is 0 Å². The molecule has 1 N–H and O–H groups in total. The van der Waals surface area contributed by atoms with Gasteiger partial charge in [-0.15, -0.1) is 0 Å². The number of hydrogen-bond donors (Lipinski definition) is 1. The van der Waals surface area contributed by atoms with Crippen molar-refractivity contribution in [2.24, 2.45) is 5.92 Å². The molecule has 0 radical (unpaired) electrons. The van der Waals surface area contributed by atoms with Gasteiger partial charge in [-0.1, -0.05) is 26.0 Å². The van der Waals surface area contributed by atoms with E-state index in [-0.39, 0.29) is 5.82 Å². The third kappa shape index (κ3) is 5.97. The van der Waals surface area contributed by atoms with E-state index in [9.17, 15) is 4.39 Å². The van der Waals surface area contributed by atoms with Gasteiger partial charge in [-0.25, -0.2) is 4.39 Å². The molecular weight excluding hydrogens is 283 g/mol. The molecule has 1 saturated heterocycles. The van der Waals surface area contributed by atoms with E-state index in [2.05, 4.69) is 24.1 Å². The molecule has 0 saturated carbocycles. The molecule has 1 heterocycles. The normalized spacial score (nSPS) is 17.1. The van der Waals surface area contributed by atoms with Gasteiger partial charge in [0.1, 0.15) is 5.82 Å². The number of nitrogens with zero attached hydrogens (tertiary/aromatic N) is 1. The summed E-state index contributed by atoms with van der Waals surface area (Å²) in [6.45, 7) is 9.10. The second-order valence-corrected chi connectivity index (χ2v) is 7.42. The topological polar surface area (TPSA) is 15.3 Å². The molecular formula is C17H27FN2S. The van der Waals surface area contributed by atoms with E-state index in [4.69, 9.17) is 0 Å². The smallest absolute Gasteiger partial charge is 0.127 e. The highest BCUT2D eigenvalue weighted by molar-refractivity contribution is 7.99. The van der Waals surface area contributed by atoms with Gasteiger partial charge < -0.3 is 5.32 Å². The zero-order chi connectivity index (χ0) is 15.1. The number of halogens is 1. The molecule has 0 spiro atoms. The van der Waals surface area contributed by atoms with E-state index in [0.717, 1.165) is 44.0 Å². The summed E-state index contributed by atoms with van der Waals surface area (Å²) in [6, 6.07) is 5.54. The maximum Gasteiger partial charge on any atom is 0.127 e. The Balaban J connectivity index is 1.94. The lowest BCUT2D eigenvalue weighted by atomic mass is 10.1. The first-order valence-corrected chi connectivity index (χ1v) is 9.08. The van der Waals surface area contributed by atoms with Crippen LogP contribution in [0.25, 0.3) is 0 Å². The maximum absolute atomic E-state index is 14.0. The molecule has 0 aliphatic carbocycles. The molecule has 4 heteroatoms. The Morgan fingerprint density at radius 2 is 2.14 bits per heavy atom. The van der Waals surface area contributed by atoms with E-state index in [1.807, 2.05) is 23.9 Å². The Hall–Kier alpha value is -0.580. The van der Waals surface area contributed by atoms with Crippen LogP contribution in [0.3, 0.4) is 0 Å². The van der Waals surface area contributed by atoms with Crippen LogP contribution in [0.4, 0.5) is 4.39 Å². The fourth-order valence-electron chi connectivity index (χ4n) is 2.56. The Kier molecular flexibility index (Phi) is 7.00. The SMILES string of the molecule is CC(C)CNCc1ccc(F)c(CN2CCCSCC2)c1. The van der Waals surface area contributed by atoms with Crippen LogP contribution in [-0.4, -0.2) is 36.0 Å². The van der Waals surface area contributed by atoms with E-state index in [1.165, 1.54) is 17.7 Å². The van der Waals surface area contributed by atoms with Crippen molar-refractivity contribution in [1.82, 2.24) is 10.2 Å². The quantitative estimate of drug-likeness (QED) is 0.865. The molecule has 0 aromatic heterocycles. The second-order valence-electron chi connectivity index (χ2n) is 6.19. The Bertz CT molecular complexity index is 429. The van der Waals surface area contributed by atoms with Crippen LogP contribution in [0.5, 0.6) is 0 Å². The standard InChI is InChI=1S/C17H27FN2S/c1-14(2)11-19-12-15-4-5-17(18)16(10-15)13-20-6-3-8-21-9-7-20/h4-5,10,14,19H,3,6-9,11-13H2,1-2H3. The van der Waals surface area contributed by atoms with Crippen LogP contribution in [0.15, 0.2) is 18.2 Å². The lowest BCUT2D eigenvalue weighted by Crippen LogP contribution is -2.26. The van der Waals surface area contributed by atoms with Crippen molar-refractivity contribution >= 4 is 11.8 Å². The lowest BCUT2D eigenvalue weighted by Gasteiger charge is -2.20. The van der Waals surface area contributed by atoms with Crippen molar-refractivity contribution in [3.8, 4) is 0 Å². The molecule has 1 aromatic rings. The minimum Gasteiger partial charge on any atom is -0.312 e. The highest BCUT2D eigenvalue weighted by Gasteiger charge is 2.12. The average Bonchev–Trinajstić information content (AvgIpc) is 2.70. The third-order valence-corrected chi connectivity index (χ3v) is 4.75. The predicted molar refractivity (Wildman–Crippen MR) is 90.2 cm³/mol. The fraction of sp³-hybridized carbons (Fsp3) is 0.647. The van der Waals surface area contributed by atoms with Crippen LogP contribution < -0.4 is 5.32 Å². The first-order chi connectivity index (χ1) is 10.1. The summed E-state index contributed by atoms with van der Waals surface area (Å²) < 4.78 is 14.0. The molecule has 1 fully saturated rings. The van der Waals surface area contributed by atoms with E-state index < -0.39 is 0 Å². The van der Waals surface area contributed by atoms with Crippen LogP contribution >= 0.6 is 11.8 Å². The largest absolute Gasteiger partial charge is 0.312 e. The maximum atomic E-state index is 14.0. The summed E-state index contributed by atoms with van der Waals surface area (Å²) in [5, 5.41) is 3.42. The zero-order valence-electron chi connectivity index (χ0n) is 13.2. The third-order valence-electron chi connectivity index (χ3n) is 3.70. The number of thioether (sulfide) groups is 1. The fourth-order valence-corrected chi connectivity index (χ4v) is 3.49. The van der Waals surface area contributed by atoms with Crippen molar-refractivity contribution in [3.63, 3.8) is 0 Å². The number of nitrogens with one attached hydrogen (secondary N) is 1. The van der Waals surface area contributed by atoms with Crippen LogP contribution in [0.1, 0.15) is 31.4 Å². The minimum absolute atomic E-state index is 0.0699. The van der Waals surface area contributed by atoms with Crippen LogP contribution in [0, 0.1) is 11.7 Å². The first-order valence-electron chi connectivity index (χ1n) is 7.93. The lowest BCUT2D eigenvalue weighted by molar-refractivity contribution is 0.283. The summed E-state index contributed by atoms with van der Waals surface area (Å²) in [4.78, 5) is 2.38. The van der Waals surface area contributed by atoms with Gasteiger partial charge in [0.25, 0.3) is 0 Å². The number of benzene rings is 1. The van der Waals surface area contributed by atoms with E-state index in [1.54, 1.807) is 6.07 Å². The molecule has 1 aromatic carbocycles. The highest BCUT2D eigenvalue weighted by Crippen LogP contribution is 2.16. The van der Waals surface area contributed by atoms with Crippen molar-refractivity contribution in [3.05, 3.63) is 35.1 Å². The van der Waals surface area contributed by atoms with Gasteiger partial charge in [0.15, 0.2) is 0 Å². The molecule has 1 aliphatic rings.